The van der Waals surface area contributed by atoms with Crippen molar-refractivity contribution in [3.8, 4) is 11.3 Å². The number of carbonyl (C=O) groups excluding carboxylic acids is 1. The summed E-state index contributed by atoms with van der Waals surface area (Å²) in [6.07, 6.45) is 1.53. The summed E-state index contributed by atoms with van der Waals surface area (Å²) in [5.41, 5.74) is 3.17. The molecule has 3 aromatic rings. The number of aryl methyl sites for hydroxylation is 2. The minimum atomic E-state index is -0.148. The molecule has 1 aromatic carbocycles. The second-order valence-corrected chi connectivity index (χ2v) is 8.01. The number of hydrogen-bond acceptors (Lipinski definition) is 6. The molecule has 0 radical (unpaired) electrons. The Kier molecular flexibility index (Phi) is 5.51. The molecule has 2 heterocycles. The number of aromatic nitrogens is 3. The first kappa shape index (κ1) is 19.0. The summed E-state index contributed by atoms with van der Waals surface area (Å²) in [5.74, 6) is 0.689. The predicted molar refractivity (Wildman–Crippen MR) is 109 cm³/mol. The lowest BCUT2D eigenvalue weighted by Gasteiger charge is -2.14. The zero-order valence-corrected chi connectivity index (χ0v) is 17.0. The van der Waals surface area contributed by atoms with E-state index in [0.29, 0.717) is 5.56 Å². The van der Waals surface area contributed by atoms with E-state index in [-0.39, 0.29) is 11.9 Å². The molecule has 0 saturated carbocycles. The third-order valence-corrected chi connectivity index (χ3v) is 5.13. The van der Waals surface area contributed by atoms with Crippen molar-refractivity contribution in [2.45, 2.75) is 26.8 Å². The van der Waals surface area contributed by atoms with Gasteiger partial charge >= 0.3 is 0 Å². The van der Waals surface area contributed by atoms with E-state index in [0.717, 1.165) is 32.7 Å². The fourth-order valence-electron chi connectivity index (χ4n) is 2.86. The molecule has 1 atom stereocenters. The molecule has 7 heteroatoms. The van der Waals surface area contributed by atoms with Crippen LogP contribution >= 0.6 is 11.3 Å². The van der Waals surface area contributed by atoms with Crippen LogP contribution in [0.2, 0.25) is 0 Å². The van der Waals surface area contributed by atoms with E-state index in [2.05, 4.69) is 20.3 Å². The Balaban J connectivity index is 1.81. The summed E-state index contributed by atoms with van der Waals surface area (Å²) in [6, 6.07) is 9.22. The number of thiazole rings is 1. The van der Waals surface area contributed by atoms with Crippen LogP contribution in [0.15, 0.2) is 36.7 Å². The maximum atomic E-state index is 12.7. The molecule has 140 valence electrons. The van der Waals surface area contributed by atoms with Gasteiger partial charge in [-0.3, -0.25) is 4.79 Å². The van der Waals surface area contributed by atoms with Gasteiger partial charge in [-0.15, -0.1) is 11.3 Å². The van der Waals surface area contributed by atoms with Crippen LogP contribution in [0.3, 0.4) is 0 Å². The molecule has 0 aliphatic heterocycles. The van der Waals surface area contributed by atoms with Crippen LogP contribution in [-0.2, 0) is 0 Å². The zero-order chi connectivity index (χ0) is 19.6. The third kappa shape index (κ3) is 4.31. The van der Waals surface area contributed by atoms with Crippen molar-refractivity contribution in [3.63, 3.8) is 0 Å². The van der Waals surface area contributed by atoms with E-state index in [1.54, 1.807) is 17.4 Å². The van der Waals surface area contributed by atoms with Gasteiger partial charge in [-0.2, -0.15) is 0 Å². The van der Waals surface area contributed by atoms with Crippen LogP contribution in [0.1, 0.15) is 38.9 Å². The Morgan fingerprint density at radius 1 is 1.19 bits per heavy atom. The van der Waals surface area contributed by atoms with E-state index in [1.165, 1.54) is 6.33 Å². The molecule has 27 heavy (non-hydrogen) atoms. The lowest BCUT2D eigenvalue weighted by Crippen LogP contribution is -2.27. The van der Waals surface area contributed by atoms with Gasteiger partial charge < -0.3 is 10.2 Å². The number of anilines is 1. The predicted octanol–water partition coefficient (Wildman–Crippen LogP) is 3.77. The van der Waals surface area contributed by atoms with E-state index < -0.39 is 0 Å². The lowest BCUT2D eigenvalue weighted by molar-refractivity contribution is 0.0939. The Labute approximate surface area is 163 Å². The number of carbonyl (C=O) groups is 1. The second kappa shape index (κ2) is 7.84. The highest BCUT2D eigenvalue weighted by Gasteiger charge is 2.17. The van der Waals surface area contributed by atoms with Gasteiger partial charge in [0.25, 0.3) is 5.91 Å². The largest absolute Gasteiger partial charge is 0.363 e. The molecular weight excluding hydrogens is 358 g/mol. The zero-order valence-electron chi connectivity index (χ0n) is 16.1. The van der Waals surface area contributed by atoms with Gasteiger partial charge in [-0.1, -0.05) is 12.1 Å². The van der Waals surface area contributed by atoms with Gasteiger partial charge in [0, 0.05) is 36.2 Å². The quantitative estimate of drug-likeness (QED) is 0.728. The number of nitrogens with zero attached hydrogens (tertiary/aromatic N) is 4. The Morgan fingerprint density at radius 2 is 1.96 bits per heavy atom. The molecule has 1 N–H and O–H groups in total. The molecule has 0 aliphatic rings. The molecule has 0 saturated heterocycles. The van der Waals surface area contributed by atoms with Gasteiger partial charge in [-0.05, 0) is 32.9 Å². The molecule has 3 rings (SSSR count). The summed E-state index contributed by atoms with van der Waals surface area (Å²) < 4.78 is 0. The van der Waals surface area contributed by atoms with Crippen LogP contribution in [0.4, 0.5) is 5.82 Å². The van der Waals surface area contributed by atoms with Gasteiger partial charge in [0.2, 0.25) is 0 Å². The average molecular weight is 382 g/mol. The van der Waals surface area contributed by atoms with Crippen LogP contribution in [0.25, 0.3) is 11.3 Å². The van der Waals surface area contributed by atoms with E-state index in [9.17, 15) is 4.79 Å². The van der Waals surface area contributed by atoms with Gasteiger partial charge in [0.15, 0.2) is 0 Å². The van der Waals surface area contributed by atoms with Crippen molar-refractivity contribution in [2.24, 2.45) is 0 Å². The summed E-state index contributed by atoms with van der Waals surface area (Å²) in [7, 11) is 3.86. The minimum absolute atomic E-state index is 0.128. The summed E-state index contributed by atoms with van der Waals surface area (Å²) >= 11 is 1.64. The van der Waals surface area contributed by atoms with Crippen LogP contribution in [0, 0.1) is 13.8 Å². The maximum absolute atomic E-state index is 12.7. The number of nitrogens with one attached hydrogen (secondary N) is 1. The molecule has 0 fully saturated rings. The SMILES string of the molecule is Cc1nc([C@@H](C)NC(=O)c2cccc(-c3cc(N(C)C)ncn3)c2)c(C)s1. The fourth-order valence-corrected chi connectivity index (χ4v) is 3.78. The van der Waals surface area contributed by atoms with Crippen LogP contribution in [-0.4, -0.2) is 35.0 Å². The Bertz CT molecular complexity index is 967. The third-order valence-electron chi connectivity index (χ3n) is 4.23. The molecule has 6 nitrogen and oxygen atoms in total. The van der Waals surface area contributed by atoms with Crippen LogP contribution in [0.5, 0.6) is 0 Å². The Morgan fingerprint density at radius 3 is 2.63 bits per heavy atom. The molecule has 0 bridgehead atoms. The second-order valence-electron chi connectivity index (χ2n) is 6.61. The first-order chi connectivity index (χ1) is 12.8. The minimum Gasteiger partial charge on any atom is -0.363 e. The molecular formula is C20H23N5OS. The number of hydrogen-bond donors (Lipinski definition) is 1. The van der Waals surface area contributed by atoms with E-state index in [4.69, 9.17) is 0 Å². The van der Waals surface area contributed by atoms with Crippen molar-refractivity contribution in [2.75, 3.05) is 19.0 Å². The molecule has 2 aromatic heterocycles. The summed E-state index contributed by atoms with van der Waals surface area (Å²) in [5, 5.41) is 4.04. The molecule has 0 unspecified atom stereocenters. The van der Waals surface area contributed by atoms with Crippen molar-refractivity contribution in [1.82, 2.24) is 20.3 Å². The first-order valence-electron chi connectivity index (χ1n) is 8.69. The molecule has 0 spiro atoms. The van der Waals surface area contributed by atoms with Gasteiger partial charge in [0.1, 0.15) is 12.1 Å². The van der Waals surface area contributed by atoms with Crippen molar-refractivity contribution in [3.05, 3.63) is 57.8 Å². The topological polar surface area (TPSA) is 71.0 Å². The highest BCUT2D eigenvalue weighted by Crippen LogP contribution is 2.24. The standard InChI is InChI=1S/C20H23N5OS/c1-12(19-13(2)27-14(3)24-19)23-20(26)16-8-6-7-15(9-16)17-10-18(25(4)5)22-11-21-17/h6-12H,1-5H3,(H,23,26)/t12-/m1/s1. The summed E-state index contributed by atoms with van der Waals surface area (Å²) in [6.45, 7) is 5.96. The van der Waals surface area contributed by atoms with Gasteiger partial charge in [-0.25, -0.2) is 15.0 Å². The number of rotatable bonds is 5. The van der Waals surface area contributed by atoms with E-state index >= 15 is 0 Å². The first-order valence-corrected chi connectivity index (χ1v) is 9.51. The van der Waals surface area contributed by atoms with Crippen LogP contribution < -0.4 is 10.2 Å². The lowest BCUT2D eigenvalue weighted by atomic mass is 10.1. The normalized spacial score (nSPS) is 11.9. The highest BCUT2D eigenvalue weighted by molar-refractivity contribution is 7.11. The van der Waals surface area contributed by atoms with Crippen molar-refractivity contribution in [1.29, 1.82) is 0 Å². The fraction of sp³-hybridized carbons (Fsp3) is 0.300. The number of amides is 1. The molecule has 1 amide bonds. The number of benzene rings is 1. The Hall–Kier alpha value is -2.80. The van der Waals surface area contributed by atoms with Gasteiger partial charge in [0.05, 0.1) is 22.4 Å². The van der Waals surface area contributed by atoms with E-state index in [1.807, 2.05) is 64.0 Å². The summed E-state index contributed by atoms with van der Waals surface area (Å²) in [4.78, 5) is 28.9. The smallest absolute Gasteiger partial charge is 0.251 e. The average Bonchev–Trinajstić information content (AvgIpc) is 3.00. The van der Waals surface area contributed by atoms with Crippen molar-refractivity contribution < 1.29 is 4.79 Å². The molecule has 0 aliphatic carbocycles. The maximum Gasteiger partial charge on any atom is 0.251 e. The highest BCUT2D eigenvalue weighted by atomic mass is 32.1. The van der Waals surface area contributed by atoms with Crippen molar-refractivity contribution >= 4 is 23.1 Å². The monoisotopic (exact) mass is 381 g/mol.